The molecule has 1 aliphatic heterocycles. The number of halogens is 1. The van der Waals surface area contributed by atoms with Gasteiger partial charge in [-0.05, 0) is 35.6 Å². The number of rotatable bonds is 4. The zero-order valence-corrected chi connectivity index (χ0v) is 15.8. The molecule has 0 aromatic heterocycles. The Morgan fingerprint density at radius 1 is 1.04 bits per heavy atom. The van der Waals surface area contributed by atoms with Crippen LogP contribution in [-0.4, -0.2) is 37.0 Å². The Labute approximate surface area is 155 Å². The second-order valence-electron chi connectivity index (χ2n) is 7.30. The molecule has 1 amide bonds. The summed E-state index contributed by atoms with van der Waals surface area (Å²) in [4.78, 5) is 16.8. The molecule has 0 saturated carbocycles. The Morgan fingerprint density at radius 3 is 2.38 bits per heavy atom. The number of piperazine rings is 1. The number of benzene rings is 2. The van der Waals surface area contributed by atoms with E-state index in [0.29, 0.717) is 24.6 Å². The largest absolute Gasteiger partial charge is 0.368 e. The lowest BCUT2D eigenvalue weighted by molar-refractivity contribution is -0.130. The van der Waals surface area contributed by atoms with E-state index < -0.39 is 0 Å². The van der Waals surface area contributed by atoms with Gasteiger partial charge >= 0.3 is 0 Å². The van der Waals surface area contributed by atoms with E-state index in [2.05, 4.69) is 43.9 Å². The van der Waals surface area contributed by atoms with E-state index in [0.717, 1.165) is 13.1 Å². The zero-order chi connectivity index (χ0) is 18.7. The standard InChI is InChI=1S/C22H27FN2O/c1-16(2)19-9-6-7-17(3)22(19)25-13-11-24(12-14-25)21(26)15-18-8-4-5-10-20(18)23/h4-10,16H,11-15H2,1-3H3. The van der Waals surface area contributed by atoms with E-state index in [1.165, 1.54) is 22.9 Å². The third-order valence-corrected chi connectivity index (χ3v) is 5.14. The summed E-state index contributed by atoms with van der Waals surface area (Å²) in [6.45, 7) is 9.56. The smallest absolute Gasteiger partial charge is 0.227 e. The summed E-state index contributed by atoms with van der Waals surface area (Å²) in [5, 5.41) is 0. The van der Waals surface area contributed by atoms with Gasteiger partial charge in [-0.15, -0.1) is 0 Å². The lowest BCUT2D eigenvalue weighted by Gasteiger charge is -2.38. The maximum absolute atomic E-state index is 13.8. The minimum atomic E-state index is -0.305. The fraction of sp³-hybridized carbons (Fsp3) is 0.409. The van der Waals surface area contributed by atoms with E-state index >= 15 is 0 Å². The molecule has 0 bridgehead atoms. The Balaban J connectivity index is 1.67. The first-order valence-corrected chi connectivity index (χ1v) is 9.33. The Morgan fingerprint density at radius 2 is 1.73 bits per heavy atom. The summed E-state index contributed by atoms with van der Waals surface area (Å²) in [7, 11) is 0. The highest BCUT2D eigenvalue weighted by Gasteiger charge is 2.24. The molecule has 1 heterocycles. The summed E-state index contributed by atoms with van der Waals surface area (Å²) in [6, 6.07) is 13.0. The molecular weight excluding hydrogens is 327 g/mol. The normalized spacial score (nSPS) is 14.8. The Kier molecular flexibility index (Phi) is 5.60. The highest BCUT2D eigenvalue weighted by molar-refractivity contribution is 5.79. The summed E-state index contributed by atoms with van der Waals surface area (Å²) in [5.74, 6) is 0.162. The summed E-state index contributed by atoms with van der Waals surface area (Å²) < 4.78 is 13.8. The molecule has 0 N–H and O–H groups in total. The fourth-order valence-electron chi connectivity index (χ4n) is 3.68. The van der Waals surface area contributed by atoms with Gasteiger partial charge in [0.1, 0.15) is 5.82 Å². The van der Waals surface area contributed by atoms with Gasteiger partial charge in [0.15, 0.2) is 0 Å². The number of carbonyl (C=O) groups is 1. The number of carbonyl (C=O) groups excluding carboxylic acids is 1. The van der Waals surface area contributed by atoms with Gasteiger partial charge in [0.25, 0.3) is 0 Å². The van der Waals surface area contributed by atoms with Crippen molar-refractivity contribution in [3.63, 3.8) is 0 Å². The number of hydrogen-bond donors (Lipinski definition) is 0. The van der Waals surface area contributed by atoms with Crippen LogP contribution in [0.2, 0.25) is 0 Å². The predicted molar refractivity (Wildman–Crippen MR) is 104 cm³/mol. The van der Waals surface area contributed by atoms with E-state index in [1.807, 2.05) is 4.90 Å². The van der Waals surface area contributed by atoms with Crippen molar-refractivity contribution in [3.05, 3.63) is 65.0 Å². The predicted octanol–water partition coefficient (Wildman–Crippen LogP) is 4.15. The van der Waals surface area contributed by atoms with Crippen molar-refractivity contribution in [2.45, 2.75) is 33.1 Å². The van der Waals surface area contributed by atoms with Crippen LogP contribution in [0.4, 0.5) is 10.1 Å². The minimum Gasteiger partial charge on any atom is -0.368 e. The first kappa shape index (κ1) is 18.4. The molecule has 1 fully saturated rings. The first-order valence-electron chi connectivity index (χ1n) is 9.33. The number of hydrogen-bond acceptors (Lipinski definition) is 2. The van der Waals surface area contributed by atoms with E-state index in [-0.39, 0.29) is 18.1 Å². The number of amides is 1. The van der Waals surface area contributed by atoms with Crippen molar-refractivity contribution in [3.8, 4) is 0 Å². The van der Waals surface area contributed by atoms with Gasteiger partial charge in [0.2, 0.25) is 5.91 Å². The second kappa shape index (κ2) is 7.90. The molecule has 3 rings (SSSR count). The highest BCUT2D eigenvalue weighted by atomic mass is 19.1. The summed E-state index contributed by atoms with van der Waals surface area (Å²) >= 11 is 0. The van der Waals surface area contributed by atoms with Crippen molar-refractivity contribution < 1.29 is 9.18 Å². The molecule has 2 aromatic carbocycles. The van der Waals surface area contributed by atoms with Crippen LogP contribution in [0.5, 0.6) is 0 Å². The second-order valence-corrected chi connectivity index (χ2v) is 7.30. The van der Waals surface area contributed by atoms with E-state index in [9.17, 15) is 9.18 Å². The van der Waals surface area contributed by atoms with Crippen LogP contribution < -0.4 is 4.90 Å². The molecule has 138 valence electrons. The van der Waals surface area contributed by atoms with Crippen molar-refractivity contribution in [1.29, 1.82) is 0 Å². The van der Waals surface area contributed by atoms with Crippen LogP contribution in [0, 0.1) is 12.7 Å². The first-order chi connectivity index (χ1) is 12.5. The highest BCUT2D eigenvalue weighted by Crippen LogP contribution is 2.31. The van der Waals surface area contributed by atoms with Crippen LogP contribution in [0.25, 0.3) is 0 Å². The monoisotopic (exact) mass is 354 g/mol. The van der Waals surface area contributed by atoms with Gasteiger partial charge in [0.05, 0.1) is 6.42 Å². The average Bonchev–Trinajstić information content (AvgIpc) is 2.63. The van der Waals surface area contributed by atoms with Gasteiger partial charge in [-0.3, -0.25) is 4.79 Å². The Bertz CT molecular complexity index is 779. The molecule has 0 atom stereocenters. The molecule has 0 unspecified atom stereocenters. The van der Waals surface area contributed by atoms with Gasteiger partial charge in [-0.1, -0.05) is 50.2 Å². The third-order valence-electron chi connectivity index (χ3n) is 5.14. The van der Waals surface area contributed by atoms with Crippen LogP contribution in [0.1, 0.15) is 36.5 Å². The van der Waals surface area contributed by atoms with Crippen LogP contribution in [0.3, 0.4) is 0 Å². The maximum atomic E-state index is 13.8. The van der Waals surface area contributed by atoms with E-state index in [1.54, 1.807) is 18.2 Å². The van der Waals surface area contributed by atoms with Gasteiger partial charge in [0, 0.05) is 31.9 Å². The van der Waals surface area contributed by atoms with Crippen LogP contribution in [0.15, 0.2) is 42.5 Å². The molecule has 26 heavy (non-hydrogen) atoms. The quantitative estimate of drug-likeness (QED) is 0.823. The van der Waals surface area contributed by atoms with Gasteiger partial charge in [-0.25, -0.2) is 4.39 Å². The lowest BCUT2D eigenvalue weighted by Crippen LogP contribution is -2.49. The van der Waals surface area contributed by atoms with Crippen molar-refractivity contribution >= 4 is 11.6 Å². The maximum Gasteiger partial charge on any atom is 0.227 e. The Hall–Kier alpha value is -2.36. The van der Waals surface area contributed by atoms with Crippen molar-refractivity contribution in [1.82, 2.24) is 4.90 Å². The summed E-state index contributed by atoms with van der Waals surface area (Å²) in [5.41, 5.74) is 4.42. The number of para-hydroxylation sites is 1. The fourth-order valence-corrected chi connectivity index (χ4v) is 3.68. The molecular formula is C22H27FN2O. The molecule has 4 heteroatoms. The number of anilines is 1. The number of nitrogens with zero attached hydrogens (tertiary/aromatic N) is 2. The zero-order valence-electron chi connectivity index (χ0n) is 15.8. The third kappa shape index (κ3) is 3.90. The molecule has 0 aliphatic carbocycles. The molecule has 3 nitrogen and oxygen atoms in total. The minimum absolute atomic E-state index is 0.00335. The molecule has 0 radical (unpaired) electrons. The molecule has 0 spiro atoms. The van der Waals surface area contributed by atoms with Crippen LogP contribution in [-0.2, 0) is 11.2 Å². The van der Waals surface area contributed by atoms with Gasteiger partial charge < -0.3 is 9.80 Å². The SMILES string of the molecule is Cc1cccc(C(C)C)c1N1CCN(C(=O)Cc2ccccc2F)CC1. The average molecular weight is 354 g/mol. The van der Waals surface area contributed by atoms with Crippen LogP contribution >= 0.6 is 0 Å². The van der Waals surface area contributed by atoms with Crippen molar-refractivity contribution in [2.24, 2.45) is 0 Å². The molecule has 2 aromatic rings. The summed E-state index contributed by atoms with van der Waals surface area (Å²) in [6.07, 6.45) is 0.133. The van der Waals surface area contributed by atoms with E-state index in [4.69, 9.17) is 0 Å². The van der Waals surface area contributed by atoms with Gasteiger partial charge in [-0.2, -0.15) is 0 Å². The van der Waals surface area contributed by atoms with Crippen molar-refractivity contribution in [2.75, 3.05) is 31.1 Å². The number of aryl methyl sites for hydroxylation is 1. The molecule has 1 saturated heterocycles. The molecule has 1 aliphatic rings. The topological polar surface area (TPSA) is 23.6 Å². The lowest BCUT2D eigenvalue weighted by atomic mass is 9.97.